The van der Waals surface area contributed by atoms with Gasteiger partial charge in [0.25, 0.3) is 5.91 Å². The van der Waals surface area contributed by atoms with Gasteiger partial charge in [0.15, 0.2) is 0 Å². The highest BCUT2D eigenvalue weighted by atomic mass is 16.5. The summed E-state index contributed by atoms with van der Waals surface area (Å²) < 4.78 is 11.3. The molecule has 1 saturated heterocycles. The molecule has 1 aliphatic rings. The molecule has 0 saturated carbocycles. The van der Waals surface area contributed by atoms with Crippen LogP contribution in [0.15, 0.2) is 77.7 Å². The summed E-state index contributed by atoms with van der Waals surface area (Å²) in [6.07, 6.45) is 9.38. The van der Waals surface area contributed by atoms with Gasteiger partial charge in [0, 0.05) is 30.2 Å². The molecule has 1 aliphatic heterocycles. The van der Waals surface area contributed by atoms with Gasteiger partial charge in [0.1, 0.15) is 12.4 Å². The monoisotopic (exact) mass is 454 g/mol. The van der Waals surface area contributed by atoms with Crippen molar-refractivity contribution in [3.63, 3.8) is 0 Å². The molecule has 4 aromatic rings. The highest BCUT2D eigenvalue weighted by molar-refractivity contribution is 5.97. The van der Waals surface area contributed by atoms with Crippen LogP contribution in [-0.2, 0) is 13.0 Å². The van der Waals surface area contributed by atoms with Gasteiger partial charge in [-0.15, -0.1) is 0 Å². The molecule has 1 amide bonds. The van der Waals surface area contributed by atoms with E-state index in [1.807, 2.05) is 48.4 Å². The van der Waals surface area contributed by atoms with E-state index in [1.54, 1.807) is 12.5 Å². The summed E-state index contributed by atoms with van der Waals surface area (Å²) in [5.41, 5.74) is 5.06. The molecule has 5 heteroatoms. The average Bonchev–Trinajstić information content (AvgIpc) is 3.14. The lowest BCUT2D eigenvalue weighted by Gasteiger charge is -2.22. The zero-order chi connectivity index (χ0) is 23.3. The van der Waals surface area contributed by atoms with Crippen molar-refractivity contribution in [1.82, 2.24) is 9.88 Å². The topological polar surface area (TPSA) is 55.6 Å². The Morgan fingerprint density at radius 3 is 2.79 bits per heavy atom. The number of likely N-dealkylation sites (tertiary alicyclic amines) is 1. The summed E-state index contributed by atoms with van der Waals surface area (Å²) in [7, 11) is 0. The van der Waals surface area contributed by atoms with Crippen molar-refractivity contribution < 1.29 is 13.9 Å². The van der Waals surface area contributed by atoms with Gasteiger partial charge < -0.3 is 14.1 Å². The first-order valence-corrected chi connectivity index (χ1v) is 12.0. The Hall–Kier alpha value is -3.60. The number of amides is 1. The minimum Gasteiger partial charge on any atom is -0.488 e. The van der Waals surface area contributed by atoms with Crippen molar-refractivity contribution in [2.24, 2.45) is 5.92 Å². The number of furan rings is 1. The maximum atomic E-state index is 13.5. The normalized spacial score (nSPS) is 16.4. The number of aryl methyl sites for hydroxylation is 1. The van der Waals surface area contributed by atoms with E-state index < -0.39 is 0 Å². The first-order chi connectivity index (χ1) is 16.7. The van der Waals surface area contributed by atoms with Crippen molar-refractivity contribution in [3.05, 3.63) is 95.6 Å². The Labute approximate surface area is 200 Å². The van der Waals surface area contributed by atoms with Gasteiger partial charge in [-0.3, -0.25) is 9.78 Å². The highest BCUT2D eigenvalue weighted by Crippen LogP contribution is 2.28. The summed E-state index contributed by atoms with van der Waals surface area (Å²) in [6, 6.07) is 18.1. The van der Waals surface area contributed by atoms with Crippen molar-refractivity contribution in [2.45, 2.75) is 39.2 Å². The summed E-state index contributed by atoms with van der Waals surface area (Å²) in [6.45, 7) is 3.91. The van der Waals surface area contributed by atoms with Gasteiger partial charge in [-0.25, -0.2) is 0 Å². The molecule has 1 fully saturated rings. The zero-order valence-corrected chi connectivity index (χ0v) is 19.6. The zero-order valence-electron chi connectivity index (χ0n) is 19.6. The van der Waals surface area contributed by atoms with Gasteiger partial charge in [-0.05, 0) is 67.9 Å². The van der Waals surface area contributed by atoms with Gasteiger partial charge in [0.05, 0.1) is 23.6 Å². The molecule has 0 N–H and O–H groups in total. The highest BCUT2D eigenvalue weighted by Gasteiger charge is 2.24. The van der Waals surface area contributed by atoms with Gasteiger partial charge in [0.2, 0.25) is 0 Å². The fourth-order valence-electron chi connectivity index (χ4n) is 4.85. The summed E-state index contributed by atoms with van der Waals surface area (Å²) in [4.78, 5) is 20.1. The number of aromatic nitrogens is 1. The third-order valence-corrected chi connectivity index (χ3v) is 6.82. The van der Waals surface area contributed by atoms with Gasteiger partial charge in [-0.2, -0.15) is 0 Å². The van der Waals surface area contributed by atoms with Crippen molar-refractivity contribution in [2.75, 3.05) is 13.1 Å². The van der Waals surface area contributed by atoms with Crippen LogP contribution in [0.4, 0.5) is 0 Å². The number of fused-ring (bicyclic) bond motifs is 1. The van der Waals surface area contributed by atoms with E-state index in [-0.39, 0.29) is 5.91 Å². The Balaban J connectivity index is 1.25. The van der Waals surface area contributed by atoms with Crippen LogP contribution in [0, 0.1) is 12.8 Å². The van der Waals surface area contributed by atoms with E-state index in [2.05, 4.69) is 29.2 Å². The predicted octanol–water partition coefficient (Wildman–Crippen LogP) is 6.20. The first kappa shape index (κ1) is 22.2. The smallest absolute Gasteiger partial charge is 0.257 e. The molecule has 174 valence electrons. The van der Waals surface area contributed by atoms with Gasteiger partial charge >= 0.3 is 0 Å². The van der Waals surface area contributed by atoms with Crippen LogP contribution in [-0.4, -0.2) is 28.9 Å². The number of hydrogen-bond donors (Lipinski definition) is 0. The summed E-state index contributed by atoms with van der Waals surface area (Å²) in [5.74, 6) is 1.21. The molecule has 2 aromatic carbocycles. The molecule has 1 unspecified atom stereocenters. The van der Waals surface area contributed by atoms with E-state index in [4.69, 9.17) is 9.15 Å². The van der Waals surface area contributed by atoms with E-state index in [1.165, 1.54) is 10.9 Å². The standard InChI is InChI=1S/C29H30N2O3/c1-21-18-33-19-25(21)20-34-27-12-3-2-11-26(27)29(32)31-15-6-7-22(13-16-31)17-24-9-4-8-23-10-5-14-30-28(23)24/h2-5,8-12,14,18-19,22H,6-7,13,15-17,20H2,1H3. The van der Waals surface area contributed by atoms with E-state index in [0.29, 0.717) is 23.8 Å². The Bertz CT molecular complexity index is 1270. The molecule has 1 atom stereocenters. The number of benzene rings is 2. The van der Waals surface area contributed by atoms with Crippen LogP contribution in [0.5, 0.6) is 5.75 Å². The lowest BCUT2D eigenvalue weighted by Crippen LogP contribution is -2.32. The largest absolute Gasteiger partial charge is 0.488 e. The number of rotatable bonds is 6. The van der Waals surface area contributed by atoms with E-state index in [9.17, 15) is 4.79 Å². The second-order valence-electron chi connectivity index (χ2n) is 9.15. The average molecular weight is 455 g/mol. The number of ether oxygens (including phenoxy) is 1. The molecular formula is C29H30N2O3. The minimum atomic E-state index is 0.0481. The maximum absolute atomic E-state index is 13.5. The summed E-state index contributed by atoms with van der Waals surface area (Å²) in [5, 5.41) is 1.19. The van der Waals surface area contributed by atoms with Crippen molar-refractivity contribution in [1.29, 1.82) is 0 Å². The van der Waals surface area contributed by atoms with E-state index in [0.717, 1.165) is 55.4 Å². The van der Waals surface area contributed by atoms with Crippen molar-refractivity contribution >= 4 is 16.8 Å². The third kappa shape index (κ3) is 4.84. The molecule has 3 heterocycles. The van der Waals surface area contributed by atoms with Crippen LogP contribution >= 0.6 is 0 Å². The Morgan fingerprint density at radius 2 is 1.91 bits per heavy atom. The quantitative estimate of drug-likeness (QED) is 0.348. The third-order valence-electron chi connectivity index (χ3n) is 6.82. The van der Waals surface area contributed by atoms with Crippen molar-refractivity contribution in [3.8, 4) is 5.75 Å². The second kappa shape index (κ2) is 10.1. The number of pyridine rings is 1. The number of hydrogen-bond acceptors (Lipinski definition) is 4. The molecular weight excluding hydrogens is 424 g/mol. The molecule has 34 heavy (non-hydrogen) atoms. The minimum absolute atomic E-state index is 0.0481. The maximum Gasteiger partial charge on any atom is 0.257 e. The number of nitrogens with zero attached hydrogens (tertiary/aromatic N) is 2. The van der Waals surface area contributed by atoms with E-state index >= 15 is 0 Å². The molecule has 0 bridgehead atoms. The van der Waals surface area contributed by atoms with Crippen LogP contribution in [0.25, 0.3) is 10.9 Å². The van der Waals surface area contributed by atoms with Crippen LogP contribution < -0.4 is 4.74 Å². The second-order valence-corrected chi connectivity index (χ2v) is 9.15. The lowest BCUT2D eigenvalue weighted by molar-refractivity contribution is 0.0755. The fraction of sp³-hybridized carbons (Fsp3) is 0.310. The number of carbonyl (C=O) groups is 1. The number of para-hydroxylation sites is 2. The van der Waals surface area contributed by atoms with Crippen LogP contribution in [0.3, 0.4) is 0 Å². The first-order valence-electron chi connectivity index (χ1n) is 12.0. The molecule has 0 aliphatic carbocycles. The van der Waals surface area contributed by atoms with Crippen LogP contribution in [0.2, 0.25) is 0 Å². The Kier molecular flexibility index (Phi) is 6.61. The number of carbonyl (C=O) groups excluding carboxylic acids is 1. The fourth-order valence-corrected chi connectivity index (χ4v) is 4.85. The van der Waals surface area contributed by atoms with Gasteiger partial charge in [-0.1, -0.05) is 36.4 Å². The molecule has 5 rings (SSSR count). The molecule has 2 aromatic heterocycles. The molecule has 0 spiro atoms. The predicted molar refractivity (Wildman–Crippen MR) is 133 cm³/mol. The molecule has 5 nitrogen and oxygen atoms in total. The SMILES string of the molecule is Cc1cocc1COc1ccccc1C(=O)N1CCCC(Cc2cccc3cccnc23)CC1. The molecule has 0 radical (unpaired) electrons. The van der Waals surface area contributed by atoms with Crippen LogP contribution in [0.1, 0.15) is 46.3 Å². The summed E-state index contributed by atoms with van der Waals surface area (Å²) >= 11 is 0. The lowest BCUT2D eigenvalue weighted by atomic mass is 9.91. The Morgan fingerprint density at radius 1 is 1.03 bits per heavy atom.